The molecule has 3 N–H and O–H groups in total. The molecule has 0 fully saturated rings. The topological polar surface area (TPSA) is 64.3 Å². The predicted molar refractivity (Wildman–Crippen MR) is 95.7 cm³/mol. The zero-order valence-electron chi connectivity index (χ0n) is 13.2. The fourth-order valence-electron chi connectivity index (χ4n) is 2.17. The summed E-state index contributed by atoms with van der Waals surface area (Å²) in [6.07, 6.45) is 1.03. The molecule has 0 aromatic heterocycles. The van der Waals surface area contributed by atoms with Gasteiger partial charge in [-0.3, -0.25) is 4.79 Å². The molecule has 0 saturated carbocycles. The number of carbonyl (C=O) groups is 1. The van der Waals surface area contributed by atoms with Crippen molar-refractivity contribution in [1.29, 1.82) is 0 Å². The maximum absolute atomic E-state index is 11.7. The minimum absolute atomic E-state index is 0.394. The van der Waals surface area contributed by atoms with Crippen molar-refractivity contribution in [3.05, 3.63) is 60.2 Å². The molecule has 0 heterocycles. The number of carbonyl (C=O) groups excluding carboxylic acids is 1. The molecule has 2 aromatic rings. The zero-order valence-corrected chi connectivity index (χ0v) is 14.0. The van der Waals surface area contributed by atoms with Crippen molar-refractivity contribution in [2.24, 2.45) is 5.73 Å². The van der Waals surface area contributed by atoms with Crippen LogP contribution in [0.2, 0.25) is 0 Å². The molecule has 0 aliphatic heterocycles. The van der Waals surface area contributed by atoms with E-state index < -0.39 is 11.9 Å². The third kappa shape index (κ3) is 5.62. The molecule has 0 bridgehead atoms. The highest BCUT2D eigenvalue weighted by molar-refractivity contribution is 7.99. The number of nitrogens with two attached hydrogens (primary N) is 1. The van der Waals surface area contributed by atoms with Crippen LogP contribution in [0.25, 0.3) is 0 Å². The number of primary amides is 1. The number of thioether (sulfide) groups is 1. The van der Waals surface area contributed by atoms with Crippen LogP contribution in [0.1, 0.15) is 18.0 Å². The Morgan fingerprint density at radius 1 is 1.17 bits per heavy atom. The van der Waals surface area contributed by atoms with E-state index in [1.54, 1.807) is 18.9 Å². The van der Waals surface area contributed by atoms with Crippen LogP contribution in [0.3, 0.4) is 0 Å². The van der Waals surface area contributed by atoms with Crippen LogP contribution < -0.4 is 11.1 Å². The van der Waals surface area contributed by atoms with E-state index in [1.807, 2.05) is 54.6 Å². The van der Waals surface area contributed by atoms with Crippen molar-refractivity contribution in [2.45, 2.75) is 17.4 Å². The van der Waals surface area contributed by atoms with Gasteiger partial charge in [0.1, 0.15) is 6.04 Å². The highest BCUT2D eigenvalue weighted by atomic mass is 32.2. The molecule has 2 rings (SSSR count). The molecule has 4 nitrogen and oxygen atoms in total. The Hall–Kier alpha value is -1.98. The van der Waals surface area contributed by atoms with Gasteiger partial charge in [0.2, 0.25) is 5.91 Å². The van der Waals surface area contributed by atoms with Gasteiger partial charge in [-0.15, -0.1) is 11.8 Å². The van der Waals surface area contributed by atoms with E-state index in [0.717, 1.165) is 30.0 Å². The van der Waals surface area contributed by atoms with Gasteiger partial charge in [0, 0.05) is 30.1 Å². The first-order valence-corrected chi connectivity index (χ1v) is 8.52. The number of amides is 1. The first-order chi connectivity index (χ1) is 11.2. The van der Waals surface area contributed by atoms with Crippen LogP contribution in [0.4, 0.5) is 5.69 Å². The van der Waals surface area contributed by atoms with Gasteiger partial charge in [-0.1, -0.05) is 30.3 Å². The van der Waals surface area contributed by atoms with Gasteiger partial charge < -0.3 is 15.8 Å². The molecule has 0 saturated heterocycles. The summed E-state index contributed by atoms with van der Waals surface area (Å²) < 4.78 is 5.04. The molecular formula is C18H22N2O2S. The van der Waals surface area contributed by atoms with Gasteiger partial charge in [0.25, 0.3) is 0 Å². The Morgan fingerprint density at radius 3 is 2.48 bits per heavy atom. The Kier molecular flexibility index (Phi) is 6.97. The molecule has 2 aromatic carbocycles. The maximum atomic E-state index is 11.7. The second kappa shape index (κ2) is 9.22. The van der Waals surface area contributed by atoms with Crippen molar-refractivity contribution < 1.29 is 9.53 Å². The Labute approximate surface area is 141 Å². The molecule has 1 amide bonds. The van der Waals surface area contributed by atoms with Gasteiger partial charge in [0.15, 0.2) is 0 Å². The average molecular weight is 330 g/mol. The summed E-state index contributed by atoms with van der Waals surface area (Å²) in [6.45, 7) is 0.782. The lowest BCUT2D eigenvalue weighted by Crippen LogP contribution is -2.27. The van der Waals surface area contributed by atoms with Crippen LogP contribution in [-0.2, 0) is 9.53 Å². The van der Waals surface area contributed by atoms with E-state index >= 15 is 0 Å². The number of rotatable bonds is 9. The summed E-state index contributed by atoms with van der Waals surface area (Å²) in [5.74, 6) is 0.628. The number of methoxy groups -OCH3 is 1. The zero-order chi connectivity index (χ0) is 16.5. The van der Waals surface area contributed by atoms with E-state index in [9.17, 15) is 4.79 Å². The maximum Gasteiger partial charge on any atom is 0.244 e. The van der Waals surface area contributed by atoms with Crippen molar-refractivity contribution in [2.75, 3.05) is 24.8 Å². The number of nitrogens with one attached hydrogen (secondary N) is 1. The van der Waals surface area contributed by atoms with Gasteiger partial charge in [-0.2, -0.15) is 0 Å². The van der Waals surface area contributed by atoms with E-state index in [-0.39, 0.29) is 0 Å². The molecule has 0 radical (unpaired) electrons. The fraction of sp³-hybridized carbons (Fsp3) is 0.278. The number of ether oxygens (including phenoxy) is 1. The van der Waals surface area contributed by atoms with Crippen LogP contribution in [0.15, 0.2) is 59.5 Å². The third-order valence-electron chi connectivity index (χ3n) is 3.34. The lowest BCUT2D eigenvalue weighted by molar-refractivity contribution is -0.118. The summed E-state index contributed by atoms with van der Waals surface area (Å²) in [7, 11) is 1.72. The average Bonchev–Trinajstić information content (AvgIpc) is 2.58. The van der Waals surface area contributed by atoms with E-state index in [0.29, 0.717) is 0 Å². The first-order valence-electron chi connectivity index (χ1n) is 7.53. The number of hydrogen-bond donors (Lipinski definition) is 2. The lowest BCUT2D eigenvalue weighted by Gasteiger charge is -2.17. The summed E-state index contributed by atoms with van der Waals surface area (Å²) in [4.78, 5) is 12.9. The van der Waals surface area contributed by atoms with E-state index in [2.05, 4.69) is 5.32 Å². The third-order valence-corrected chi connectivity index (χ3v) is 4.44. The number of hydrogen-bond acceptors (Lipinski definition) is 4. The molecular weight excluding hydrogens is 308 g/mol. The van der Waals surface area contributed by atoms with Gasteiger partial charge in [0.05, 0.1) is 0 Å². The molecule has 5 heteroatoms. The summed E-state index contributed by atoms with van der Waals surface area (Å²) in [6, 6.07) is 17.0. The standard InChI is InChI=1S/C18H22N2O2S/c1-22-12-5-13-23-16-10-8-15(9-11-16)20-17(18(19)21)14-6-3-2-4-7-14/h2-4,6-11,17,20H,5,12-13H2,1H3,(H2,19,21)/t17-/m0/s1. The van der Waals surface area contributed by atoms with Crippen molar-refractivity contribution in [1.82, 2.24) is 0 Å². The normalized spacial score (nSPS) is 11.9. The Balaban J connectivity index is 1.97. The summed E-state index contributed by atoms with van der Waals surface area (Å²) in [5, 5.41) is 3.19. The molecule has 0 unspecified atom stereocenters. The van der Waals surface area contributed by atoms with Crippen LogP contribution in [0, 0.1) is 0 Å². The van der Waals surface area contributed by atoms with Crippen LogP contribution in [0.5, 0.6) is 0 Å². The molecule has 23 heavy (non-hydrogen) atoms. The summed E-state index contributed by atoms with van der Waals surface area (Å²) >= 11 is 1.79. The minimum Gasteiger partial charge on any atom is -0.385 e. The fourth-order valence-corrected chi connectivity index (χ4v) is 3.00. The molecule has 1 atom stereocenters. The SMILES string of the molecule is COCCCSc1ccc(N[C@H](C(N)=O)c2ccccc2)cc1. The highest BCUT2D eigenvalue weighted by Gasteiger charge is 2.16. The van der Waals surface area contributed by atoms with Crippen molar-refractivity contribution in [3.8, 4) is 0 Å². The Bertz CT molecular complexity index is 602. The van der Waals surface area contributed by atoms with E-state index in [4.69, 9.17) is 10.5 Å². The van der Waals surface area contributed by atoms with Crippen molar-refractivity contribution >= 4 is 23.4 Å². The second-order valence-electron chi connectivity index (χ2n) is 5.11. The number of anilines is 1. The quantitative estimate of drug-likeness (QED) is 0.546. The smallest absolute Gasteiger partial charge is 0.244 e. The molecule has 122 valence electrons. The monoisotopic (exact) mass is 330 g/mol. The summed E-state index contributed by atoms with van der Waals surface area (Å²) in [5.41, 5.74) is 7.26. The first kappa shape index (κ1) is 17.4. The second-order valence-corrected chi connectivity index (χ2v) is 6.28. The minimum atomic E-state index is -0.531. The van der Waals surface area contributed by atoms with E-state index in [1.165, 1.54) is 4.90 Å². The molecule has 0 spiro atoms. The molecule has 0 aliphatic rings. The highest BCUT2D eigenvalue weighted by Crippen LogP contribution is 2.24. The van der Waals surface area contributed by atoms with Gasteiger partial charge >= 0.3 is 0 Å². The Morgan fingerprint density at radius 2 is 1.87 bits per heavy atom. The van der Waals surface area contributed by atoms with Crippen LogP contribution >= 0.6 is 11.8 Å². The predicted octanol–water partition coefficient (Wildman–Crippen LogP) is 3.45. The van der Waals surface area contributed by atoms with Crippen molar-refractivity contribution in [3.63, 3.8) is 0 Å². The largest absolute Gasteiger partial charge is 0.385 e. The lowest BCUT2D eigenvalue weighted by atomic mass is 10.1. The van der Waals surface area contributed by atoms with Crippen LogP contribution in [-0.4, -0.2) is 25.4 Å². The van der Waals surface area contributed by atoms with Gasteiger partial charge in [-0.05, 0) is 36.2 Å². The molecule has 0 aliphatic carbocycles. The van der Waals surface area contributed by atoms with Gasteiger partial charge in [-0.25, -0.2) is 0 Å². The number of benzene rings is 2.